The summed E-state index contributed by atoms with van der Waals surface area (Å²) in [6.45, 7) is 2.33. The van der Waals surface area contributed by atoms with Crippen LogP contribution in [-0.2, 0) is 28.6 Å². The van der Waals surface area contributed by atoms with Crippen LogP contribution in [0.4, 0.5) is 0 Å². The van der Waals surface area contributed by atoms with Crippen LogP contribution < -0.4 is 10.6 Å². The summed E-state index contributed by atoms with van der Waals surface area (Å²) in [6, 6.07) is -0.958. The number of unbranched alkanes of at least 4 members (excludes halogenated alkanes) is 9. The van der Waals surface area contributed by atoms with Crippen molar-refractivity contribution in [3.05, 3.63) is 0 Å². The molecule has 0 spiro atoms. The van der Waals surface area contributed by atoms with Gasteiger partial charge >= 0.3 is 11.9 Å². The first-order valence-electron chi connectivity index (χ1n) is 16.2. The Labute approximate surface area is 264 Å². The lowest BCUT2D eigenvalue weighted by Crippen LogP contribution is -2.65. The Morgan fingerprint density at radius 2 is 1.42 bits per heavy atom. The molecule has 2 aliphatic rings. The fraction of sp³-hybridized carbons (Fsp3) is 0.900. The van der Waals surface area contributed by atoms with E-state index in [0.29, 0.717) is 6.42 Å². The number of aliphatic carboxylic acids is 2. The minimum atomic E-state index is -1.95. The summed E-state index contributed by atoms with van der Waals surface area (Å²) < 4.78 is 16.8. The monoisotopic (exact) mass is 650 g/mol. The molecule has 1 saturated carbocycles. The molecule has 11 atom stereocenters. The second-order valence-electron chi connectivity index (χ2n) is 12.0. The fourth-order valence-corrected chi connectivity index (χ4v) is 5.75. The molecule has 15 heteroatoms. The SMILES string of the molecule is CCCCCCCCCCCCO[C@@H]1C[C@H](C(=O)O)[C@@H](O[C@@H]2O[C@H](C(=O)NCC[C@H](NC)C(=O)O)[C@@H](O)[C@H](O)[C@H]2O)[C@H](O)[C@H]1O. The van der Waals surface area contributed by atoms with Gasteiger partial charge in [-0.25, -0.2) is 0 Å². The summed E-state index contributed by atoms with van der Waals surface area (Å²) in [5, 5.41) is 76.8. The molecule has 1 aliphatic heterocycles. The third kappa shape index (κ3) is 12.0. The normalized spacial score (nSPS) is 32.6. The van der Waals surface area contributed by atoms with Gasteiger partial charge in [-0.2, -0.15) is 0 Å². The van der Waals surface area contributed by atoms with Crippen molar-refractivity contribution < 1.29 is 64.3 Å². The number of carbonyl (C=O) groups is 3. The van der Waals surface area contributed by atoms with Crippen molar-refractivity contribution >= 4 is 17.8 Å². The summed E-state index contributed by atoms with van der Waals surface area (Å²) in [5.74, 6) is -4.85. The van der Waals surface area contributed by atoms with Crippen LogP contribution in [-0.4, -0.2) is 135 Å². The number of carboxylic acids is 2. The molecule has 15 nitrogen and oxygen atoms in total. The van der Waals surface area contributed by atoms with Gasteiger partial charge in [0.2, 0.25) is 0 Å². The van der Waals surface area contributed by atoms with Gasteiger partial charge in [0, 0.05) is 13.2 Å². The largest absolute Gasteiger partial charge is 0.481 e. The minimum Gasteiger partial charge on any atom is -0.481 e. The van der Waals surface area contributed by atoms with Crippen molar-refractivity contribution in [1.82, 2.24) is 10.6 Å². The quantitative estimate of drug-likeness (QED) is 0.0711. The number of ether oxygens (including phenoxy) is 3. The van der Waals surface area contributed by atoms with Crippen LogP contribution in [0.5, 0.6) is 0 Å². The first-order valence-corrected chi connectivity index (χ1v) is 16.2. The van der Waals surface area contributed by atoms with E-state index < -0.39 is 84.9 Å². The molecule has 9 N–H and O–H groups in total. The van der Waals surface area contributed by atoms with Gasteiger partial charge in [0.05, 0.1) is 12.0 Å². The number of hydrogen-bond donors (Lipinski definition) is 9. The second kappa shape index (κ2) is 20.3. The van der Waals surface area contributed by atoms with Crippen LogP contribution in [0, 0.1) is 5.92 Å². The average molecular weight is 651 g/mol. The Hall–Kier alpha value is -1.95. The van der Waals surface area contributed by atoms with Gasteiger partial charge in [0.1, 0.15) is 42.7 Å². The summed E-state index contributed by atoms with van der Waals surface area (Å²) in [6.07, 6.45) is -4.34. The molecule has 2 fully saturated rings. The van der Waals surface area contributed by atoms with Crippen molar-refractivity contribution in [3.8, 4) is 0 Å². The van der Waals surface area contributed by atoms with E-state index >= 15 is 0 Å². The van der Waals surface area contributed by atoms with E-state index in [0.717, 1.165) is 19.3 Å². The zero-order valence-corrected chi connectivity index (χ0v) is 26.3. The van der Waals surface area contributed by atoms with E-state index in [1.54, 1.807) is 0 Å². The van der Waals surface area contributed by atoms with Crippen LogP contribution in [0.1, 0.15) is 84.0 Å². The van der Waals surface area contributed by atoms with Crippen molar-refractivity contribution in [2.45, 2.75) is 145 Å². The van der Waals surface area contributed by atoms with E-state index in [-0.39, 0.29) is 26.0 Å². The maximum Gasteiger partial charge on any atom is 0.320 e. The van der Waals surface area contributed by atoms with Gasteiger partial charge in [-0.05, 0) is 26.3 Å². The number of hydrogen-bond acceptors (Lipinski definition) is 12. The standard InChI is InChI=1S/C30H54N2O13/c1-3-4-5-6-7-8-9-10-11-12-15-43-19-16-17(28(39)40)25(22(35)20(19)33)44-30-24(37)21(34)23(36)26(45-30)27(38)32-14-13-18(31-2)29(41)42/h17-26,30-31,33-37H,3-16H2,1-2H3,(H,32,38)(H,39,40)(H,41,42)/t17-,18-,19+,20-,21-,22+,23-,24+,25+,26-,30+/m0/s1. The fourth-order valence-electron chi connectivity index (χ4n) is 5.75. The molecule has 0 aromatic carbocycles. The molecule has 1 saturated heterocycles. The van der Waals surface area contributed by atoms with E-state index in [1.165, 1.54) is 45.6 Å². The highest BCUT2D eigenvalue weighted by atomic mass is 16.7. The first kappa shape index (κ1) is 39.2. The zero-order chi connectivity index (χ0) is 33.5. The average Bonchev–Trinajstić information content (AvgIpc) is 3.00. The van der Waals surface area contributed by atoms with E-state index in [9.17, 15) is 45.0 Å². The molecule has 0 aromatic rings. The Morgan fingerprint density at radius 1 is 0.822 bits per heavy atom. The molecular weight excluding hydrogens is 596 g/mol. The molecule has 1 amide bonds. The highest BCUT2D eigenvalue weighted by molar-refractivity contribution is 5.82. The predicted octanol–water partition coefficient (Wildman–Crippen LogP) is -0.509. The summed E-state index contributed by atoms with van der Waals surface area (Å²) in [7, 11) is 1.43. The molecule has 262 valence electrons. The predicted molar refractivity (Wildman–Crippen MR) is 159 cm³/mol. The molecular formula is C30H54N2O13. The van der Waals surface area contributed by atoms with Crippen LogP contribution in [0.15, 0.2) is 0 Å². The maximum atomic E-state index is 12.7. The Kier molecular flexibility index (Phi) is 17.7. The van der Waals surface area contributed by atoms with Crippen LogP contribution >= 0.6 is 0 Å². The van der Waals surface area contributed by atoms with Crippen molar-refractivity contribution in [3.63, 3.8) is 0 Å². The molecule has 1 aliphatic carbocycles. The Bertz CT molecular complexity index is 896. The lowest BCUT2D eigenvalue weighted by Gasteiger charge is -2.45. The number of nitrogens with one attached hydrogen (secondary N) is 2. The summed E-state index contributed by atoms with van der Waals surface area (Å²) >= 11 is 0. The van der Waals surface area contributed by atoms with Crippen molar-refractivity contribution in [2.75, 3.05) is 20.2 Å². The molecule has 45 heavy (non-hydrogen) atoms. The molecule has 2 rings (SSSR count). The topological polar surface area (TPSA) is 245 Å². The van der Waals surface area contributed by atoms with Gasteiger partial charge < -0.3 is 60.6 Å². The number of amides is 1. The highest BCUT2D eigenvalue weighted by Gasteiger charge is 2.53. The lowest BCUT2D eigenvalue weighted by atomic mass is 9.80. The third-order valence-electron chi connectivity index (χ3n) is 8.60. The number of aliphatic hydroxyl groups excluding tert-OH is 5. The van der Waals surface area contributed by atoms with E-state index in [2.05, 4.69) is 17.6 Å². The molecule has 0 bridgehead atoms. The minimum absolute atomic E-state index is 0.0135. The van der Waals surface area contributed by atoms with Gasteiger partial charge in [-0.3, -0.25) is 14.4 Å². The summed E-state index contributed by atoms with van der Waals surface area (Å²) in [5.41, 5.74) is 0. The van der Waals surface area contributed by atoms with Gasteiger partial charge in [-0.1, -0.05) is 64.7 Å². The molecule has 0 radical (unpaired) electrons. The first-order chi connectivity index (χ1) is 21.4. The zero-order valence-electron chi connectivity index (χ0n) is 26.3. The van der Waals surface area contributed by atoms with Crippen LogP contribution in [0.3, 0.4) is 0 Å². The molecule has 0 unspecified atom stereocenters. The highest BCUT2D eigenvalue weighted by Crippen LogP contribution is 2.34. The Balaban J connectivity index is 1.91. The number of rotatable bonds is 21. The number of likely N-dealkylation sites (N-methyl/N-ethyl adjacent to an activating group) is 1. The third-order valence-corrected chi connectivity index (χ3v) is 8.60. The lowest BCUT2D eigenvalue weighted by molar-refractivity contribution is -0.321. The van der Waals surface area contributed by atoms with Crippen LogP contribution in [0.2, 0.25) is 0 Å². The van der Waals surface area contributed by atoms with Crippen LogP contribution in [0.25, 0.3) is 0 Å². The van der Waals surface area contributed by atoms with Gasteiger partial charge in [-0.15, -0.1) is 0 Å². The molecule has 0 aromatic heterocycles. The maximum absolute atomic E-state index is 12.7. The van der Waals surface area contributed by atoms with E-state index in [4.69, 9.17) is 19.3 Å². The molecule has 1 heterocycles. The van der Waals surface area contributed by atoms with Crippen molar-refractivity contribution in [1.29, 1.82) is 0 Å². The van der Waals surface area contributed by atoms with Gasteiger partial charge in [0.15, 0.2) is 12.4 Å². The van der Waals surface area contributed by atoms with Crippen molar-refractivity contribution in [2.24, 2.45) is 5.92 Å². The Morgan fingerprint density at radius 3 is 1.98 bits per heavy atom. The number of carboxylic acid groups (broad SMARTS) is 2. The second-order valence-corrected chi connectivity index (χ2v) is 12.0. The number of aliphatic hydroxyl groups is 5. The summed E-state index contributed by atoms with van der Waals surface area (Å²) in [4.78, 5) is 36.0. The smallest absolute Gasteiger partial charge is 0.320 e. The number of carbonyl (C=O) groups excluding carboxylic acids is 1. The van der Waals surface area contributed by atoms with Gasteiger partial charge in [0.25, 0.3) is 5.91 Å². The van der Waals surface area contributed by atoms with E-state index in [1.807, 2.05) is 0 Å².